The Morgan fingerprint density at radius 2 is 2.06 bits per heavy atom. The van der Waals surface area contributed by atoms with Crippen molar-refractivity contribution in [1.82, 2.24) is 4.90 Å². The Labute approximate surface area is 120 Å². The molecule has 1 heterocycles. The fraction of sp³-hybridized carbons (Fsp3) is 0.667. The van der Waals surface area contributed by atoms with Crippen molar-refractivity contribution < 1.29 is 4.42 Å². The predicted molar refractivity (Wildman–Crippen MR) is 78.0 cm³/mol. The van der Waals surface area contributed by atoms with Crippen LogP contribution in [0.5, 0.6) is 0 Å². The standard InChI is InChI=1S/C12H20Br2N2O/c1-8(2)4-5-16(3)10(7-15)11-6-9(13)12(14)17-11/h6,8,10H,4-5,7,15H2,1-3H3. The van der Waals surface area contributed by atoms with Gasteiger partial charge in [0.2, 0.25) is 0 Å². The van der Waals surface area contributed by atoms with Crippen LogP contribution in [0, 0.1) is 5.92 Å². The van der Waals surface area contributed by atoms with Gasteiger partial charge in [0.25, 0.3) is 0 Å². The molecule has 0 aromatic carbocycles. The second-order valence-corrected chi connectivity index (χ2v) is 6.26. The van der Waals surface area contributed by atoms with Crippen molar-refractivity contribution in [3.63, 3.8) is 0 Å². The summed E-state index contributed by atoms with van der Waals surface area (Å²) in [6.07, 6.45) is 1.16. The number of rotatable bonds is 6. The van der Waals surface area contributed by atoms with E-state index in [0.717, 1.165) is 27.9 Å². The van der Waals surface area contributed by atoms with E-state index in [0.29, 0.717) is 12.5 Å². The molecule has 0 spiro atoms. The maximum atomic E-state index is 5.84. The van der Waals surface area contributed by atoms with Gasteiger partial charge in [-0.25, -0.2) is 0 Å². The summed E-state index contributed by atoms with van der Waals surface area (Å²) in [4.78, 5) is 2.25. The lowest BCUT2D eigenvalue weighted by molar-refractivity contribution is 0.208. The molecule has 98 valence electrons. The topological polar surface area (TPSA) is 42.4 Å². The highest BCUT2D eigenvalue weighted by Gasteiger charge is 2.20. The summed E-state index contributed by atoms with van der Waals surface area (Å²) in [5.41, 5.74) is 5.84. The van der Waals surface area contributed by atoms with Crippen LogP contribution in [0.2, 0.25) is 0 Å². The molecule has 1 aromatic rings. The first-order chi connectivity index (χ1) is 7.95. The van der Waals surface area contributed by atoms with Crippen LogP contribution in [0.4, 0.5) is 0 Å². The summed E-state index contributed by atoms with van der Waals surface area (Å²) in [7, 11) is 2.09. The van der Waals surface area contributed by atoms with Gasteiger partial charge in [0.1, 0.15) is 5.76 Å². The molecule has 0 aliphatic carbocycles. The monoisotopic (exact) mass is 366 g/mol. The molecule has 1 unspecified atom stereocenters. The molecule has 3 nitrogen and oxygen atoms in total. The summed E-state index contributed by atoms with van der Waals surface area (Å²) in [6, 6.07) is 2.12. The molecule has 2 N–H and O–H groups in total. The Hall–Kier alpha value is 0.160. The van der Waals surface area contributed by atoms with Gasteiger partial charge in [0, 0.05) is 6.54 Å². The van der Waals surface area contributed by atoms with Crippen LogP contribution in [0.25, 0.3) is 0 Å². The number of likely N-dealkylation sites (N-methyl/N-ethyl adjacent to an activating group) is 1. The Kier molecular flexibility index (Phi) is 6.20. The summed E-state index contributed by atoms with van der Waals surface area (Å²) in [5.74, 6) is 1.60. The van der Waals surface area contributed by atoms with Crippen LogP contribution < -0.4 is 5.73 Å². The van der Waals surface area contributed by atoms with Crippen LogP contribution in [0.3, 0.4) is 0 Å². The second kappa shape index (κ2) is 6.92. The first-order valence-corrected chi connectivity index (χ1v) is 7.39. The second-order valence-electron chi connectivity index (χ2n) is 4.69. The predicted octanol–water partition coefficient (Wildman–Crippen LogP) is 3.78. The molecule has 0 saturated heterocycles. The highest BCUT2D eigenvalue weighted by molar-refractivity contribution is 9.13. The van der Waals surface area contributed by atoms with Gasteiger partial charge in [-0.05, 0) is 63.9 Å². The van der Waals surface area contributed by atoms with Crippen LogP contribution in [-0.4, -0.2) is 25.0 Å². The lowest BCUT2D eigenvalue weighted by Crippen LogP contribution is -2.31. The quantitative estimate of drug-likeness (QED) is 0.831. The van der Waals surface area contributed by atoms with E-state index in [4.69, 9.17) is 10.2 Å². The molecule has 17 heavy (non-hydrogen) atoms. The zero-order chi connectivity index (χ0) is 13.0. The Morgan fingerprint density at radius 1 is 1.41 bits per heavy atom. The van der Waals surface area contributed by atoms with Crippen molar-refractivity contribution in [2.75, 3.05) is 20.1 Å². The number of furan rings is 1. The van der Waals surface area contributed by atoms with Gasteiger partial charge in [-0.1, -0.05) is 13.8 Å². The first kappa shape index (κ1) is 15.2. The lowest BCUT2D eigenvalue weighted by Gasteiger charge is -2.25. The van der Waals surface area contributed by atoms with E-state index in [9.17, 15) is 0 Å². The average molecular weight is 368 g/mol. The van der Waals surface area contributed by atoms with Gasteiger partial charge >= 0.3 is 0 Å². The number of hydrogen-bond acceptors (Lipinski definition) is 3. The first-order valence-electron chi connectivity index (χ1n) is 5.80. The molecule has 1 atom stereocenters. The van der Waals surface area contributed by atoms with Crippen molar-refractivity contribution in [2.24, 2.45) is 11.7 Å². The largest absolute Gasteiger partial charge is 0.451 e. The van der Waals surface area contributed by atoms with Crippen LogP contribution in [0.1, 0.15) is 32.1 Å². The van der Waals surface area contributed by atoms with Gasteiger partial charge in [-0.3, -0.25) is 4.90 Å². The highest BCUT2D eigenvalue weighted by Crippen LogP contribution is 2.31. The van der Waals surface area contributed by atoms with E-state index < -0.39 is 0 Å². The molecule has 5 heteroatoms. The van der Waals surface area contributed by atoms with Crippen LogP contribution in [-0.2, 0) is 0 Å². The summed E-state index contributed by atoms with van der Waals surface area (Å²) < 4.78 is 7.30. The van der Waals surface area contributed by atoms with Gasteiger partial charge < -0.3 is 10.2 Å². The van der Waals surface area contributed by atoms with E-state index in [2.05, 4.69) is 57.7 Å². The van der Waals surface area contributed by atoms with Crippen LogP contribution >= 0.6 is 31.9 Å². The summed E-state index contributed by atoms with van der Waals surface area (Å²) >= 11 is 6.78. The Bertz CT molecular complexity index is 333. The fourth-order valence-electron chi connectivity index (χ4n) is 1.66. The minimum absolute atomic E-state index is 0.136. The number of hydrogen-bond donors (Lipinski definition) is 1. The molecule has 0 fully saturated rings. The lowest BCUT2D eigenvalue weighted by atomic mass is 10.1. The van der Waals surface area contributed by atoms with E-state index in [1.165, 1.54) is 0 Å². The van der Waals surface area contributed by atoms with Crippen molar-refractivity contribution in [2.45, 2.75) is 26.3 Å². The van der Waals surface area contributed by atoms with Crippen LogP contribution in [0.15, 0.2) is 19.6 Å². The van der Waals surface area contributed by atoms with Crippen molar-refractivity contribution in [3.05, 3.63) is 21.0 Å². The number of nitrogens with two attached hydrogens (primary N) is 1. The molecular formula is C12H20Br2N2O. The summed E-state index contributed by atoms with van der Waals surface area (Å²) in [6.45, 7) is 6.03. The third kappa shape index (κ3) is 4.39. The molecule has 0 aliphatic rings. The van der Waals surface area contributed by atoms with E-state index in [1.54, 1.807) is 0 Å². The number of nitrogens with zero attached hydrogens (tertiary/aromatic N) is 1. The molecule has 0 radical (unpaired) electrons. The zero-order valence-corrected chi connectivity index (χ0v) is 13.7. The minimum Gasteiger partial charge on any atom is -0.451 e. The van der Waals surface area contributed by atoms with Gasteiger partial charge in [-0.15, -0.1) is 0 Å². The molecular weight excluding hydrogens is 348 g/mol. The van der Waals surface area contributed by atoms with Crippen molar-refractivity contribution >= 4 is 31.9 Å². The maximum absolute atomic E-state index is 5.84. The van der Waals surface area contributed by atoms with E-state index in [1.807, 2.05) is 6.07 Å². The highest BCUT2D eigenvalue weighted by atomic mass is 79.9. The maximum Gasteiger partial charge on any atom is 0.183 e. The normalized spacial score (nSPS) is 13.6. The molecule has 1 aromatic heterocycles. The Morgan fingerprint density at radius 3 is 2.47 bits per heavy atom. The van der Waals surface area contributed by atoms with Crippen molar-refractivity contribution in [3.8, 4) is 0 Å². The fourth-order valence-corrected chi connectivity index (χ4v) is 2.27. The van der Waals surface area contributed by atoms with Gasteiger partial charge in [0.05, 0.1) is 10.5 Å². The van der Waals surface area contributed by atoms with E-state index in [-0.39, 0.29) is 6.04 Å². The minimum atomic E-state index is 0.136. The molecule has 0 bridgehead atoms. The Balaban J connectivity index is 2.70. The molecule has 1 rings (SSSR count). The SMILES string of the molecule is CC(C)CCN(C)C(CN)c1cc(Br)c(Br)o1. The molecule has 0 saturated carbocycles. The third-order valence-electron chi connectivity index (χ3n) is 2.81. The van der Waals surface area contributed by atoms with E-state index >= 15 is 0 Å². The smallest absolute Gasteiger partial charge is 0.183 e. The zero-order valence-electron chi connectivity index (χ0n) is 10.5. The molecule has 0 aliphatic heterocycles. The number of halogens is 2. The van der Waals surface area contributed by atoms with Gasteiger partial charge in [0.15, 0.2) is 4.67 Å². The molecule has 0 amide bonds. The summed E-state index contributed by atoms with van der Waals surface area (Å²) in [5, 5.41) is 0. The average Bonchev–Trinajstić information content (AvgIpc) is 2.57. The van der Waals surface area contributed by atoms with Crippen molar-refractivity contribution in [1.29, 1.82) is 0 Å². The third-order valence-corrected chi connectivity index (χ3v) is 4.52. The van der Waals surface area contributed by atoms with Gasteiger partial charge in [-0.2, -0.15) is 0 Å².